The number of benzene rings is 1. The lowest BCUT2D eigenvalue weighted by Crippen LogP contribution is -1.90. The summed E-state index contributed by atoms with van der Waals surface area (Å²) in [5.74, 6) is 0. The van der Waals surface area contributed by atoms with Crippen LogP contribution in [-0.2, 0) is 6.61 Å². The van der Waals surface area contributed by atoms with Crippen LogP contribution in [0.4, 0.5) is 0 Å². The fourth-order valence-corrected chi connectivity index (χ4v) is 2.30. The van der Waals surface area contributed by atoms with Gasteiger partial charge < -0.3 is 5.11 Å². The zero-order valence-corrected chi connectivity index (χ0v) is 11.9. The Morgan fingerprint density at radius 2 is 1.61 bits per heavy atom. The summed E-state index contributed by atoms with van der Waals surface area (Å²) in [6.07, 6.45) is 1.50. The molecule has 0 saturated carbocycles. The van der Waals surface area contributed by atoms with Gasteiger partial charge in [0, 0.05) is 11.8 Å². The van der Waals surface area contributed by atoms with Gasteiger partial charge in [-0.05, 0) is 29.3 Å². The molecule has 2 aromatic rings. The molecule has 1 aromatic heterocycles. The first-order valence-electron chi connectivity index (χ1n) is 4.93. The maximum Gasteiger partial charge on any atom is 0.136 e. The van der Waals surface area contributed by atoms with E-state index in [1.54, 1.807) is 18.2 Å². The molecule has 1 N–H and O–H groups in total. The summed E-state index contributed by atoms with van der Waals surface area (Å²) in [7, 11) is 0. The monoisotopic (exact) mass is 321 g/mol. The second kappa shape index (κ2) is 5.64. The molecule has 94 valence electrons. The summed E-state index contributed by atoms with van der Waals surface area (Å²) >= 11 is 23.8. The van der Waals surface area contributed by atoms with E-state index in [1.807, 2.05) is 0 Å². The van der Waals surface area contributed by atoms with Crippen molar-refractivity contribution in [3.8, 4) is 11.1 Å². The predicted molar refractivity (Wildman–Crippen MR) is 75.6 cm³/mol. The van der Waals surface area contributed by atoms with Gasteiger partial charge in [-0.15, -0.1) is 0 Å². The lowest BCUT2D eigenvalue weighted by molar-refractivity contribution is 0.281. The maximum absolute atomic E-state index is 9.10. The molecular formula is C12H7Cl4NO. The molecule has 6 heteroatoms. The number of aliphatic hydroxyl groups excluding tert-OH is 1. The molecule has 0 aliphatic heterocycles. The Kier molecular flexibility index (Phi) is 4.36. The van der Waals surface area contributed by atoms with Crippen molar-refractivity contribution >= 4 is 46.4 Å². The van der Waals surface area contributed by atoms with E-state index in [-0.39, 0.29) is 6.61 Å². The van der Waals surface area contributed by atoms with E-state index in [0.29, 0.717) is 36.9 Å². The van der Waals surface area contributed by atoms with Gasteiger partial charge in [-0.25, -0.2) is 4.98 Å². The van der Waals surface area contributed by atoms with Gasteiger partial charge in [0.25, 0.3) is 0 Å². The SMILES string of the molecule is OCc1cnc(Cl)c(-c2cc(Cl)c(Cl)c(Cl)c2)c1. The number of aliphatic hydroxyl groups is 1. The van der Waals surface area contributed by atoms with Gasteiger partial charge in [0.05, 0.1) is 21.7 Å². The van der Waals surface area contributed by atoms with Crippen molar-refractivity contribution in [3.63, 3.8) is 0 Å². The van der Waals surface area contributed by atoms with E-state index in [1.165, 1.54) is 6.20 Å². The number of aromatic nitrogens is 1. The summed E-state index contributed by atoms with van der Waals surface area (Å²) in [5, 5.41) is 10.4. The van der Waals surface area contributed by atoms with E-state index >= 15 is 0 Å². The zero-order chi connectivity index (χ0) is 13.3. The Bertz CT molecular complexity index is 578. The van der Waals surface area contributed by atoms with Gasteiger partial charge >= 0.3 is 0 Å². The third-order valence-electron chi connectivity index (χ3n) is 2.37. The lowest BCUT2D eigenvalue weighted by Gasteiger charge is -2.08. The van der Waals surface area contributed by atoms with Crippen molar-refractivity contribution in [2.75, 3.05) is 0 Å². The Morgan fingerprint density at radius 3 is 2.17 bits per heavy atom. The molecule has 2 rings (SSSR count). The minimum atomic E-state index is -0.119. The van der Waals surface area contributed by atoms with Crippen LogP contribution in [0.15, 0.2) is 24.4 Å². The minimum absolute atomic E-state index is 0.119. The summed E-state index contributed by atoms with van der Waals surface area (Å²) in [6.45, 7) is -0.119. The second-order valence-electron chi connectivity index (χ2n) is 3.59. The quantitative estimate of drug-likeness (QED) is 0.633. The van der Waals surface area contributed by atoms with Crippen molar-refractivity contribution in [1.82, 2.24) is 4.98 Å². The highest BCUT2D eigenvalue weighted by Gasteiger charge is 2.11. The summed E-state index contributed by atoms with van der Waals surface area (Å²) in [4.78, 5) is 3.99. The Hall–Kier alpha value is -0.510. The summed E-state index contributed by atoms with van der Waals surface area (Å²) in [6, 6.07) is 5.03. The molecule has 2 nitrogen and oxygen atoms in total. The summed E-state index contributed by atoms with van der Waals surface area (Å²) < 4.78 is 0. The zero-order valence-electron chi connectivity index (χ0n) is 8.92. The van der Waals surface area contributed by atoms with E-state index in [4.69, 9.17) is 51.5 Å². The smallest absolute Gasteiger partial charge is 0.136 e. The number of pyridine rings is 1. The van der Waals surface area contributed by atoms with Gasteiger partial charge in [0.2, 0.25) is 0 Å². The van der Waals surface area contributed by atoms with Crippen molar-refractivity contribution in [2.24, 2.45) is 0 Å². The molecule has 0 amide bonds. The molecule has 0 aliphatic carbocycles. The average Bonchev–Trinajstić information content (AvgIpc) is 2.36. The molecule has 0 bridgehead atoms. The number of halogens is 4. The van der Waals surface area contributed by atoms with Crippen LogP contribution < -0.4 is 0 Å². The van der Waals surface area contributed by atoms with Crippen LogP contribution >= 0.6 is 46.4 Å². The highest BCUT2D eigenvalue weighted by Crippen LogP contribution is 2.37. The number of hydrogen-bond acceptors (Lipinski definition) is 2. The molecule has 0 atom stereocenters. The fourth-order valence-electron chi connectivity index (χ4n) is 1.49. The van der Waals surface area contributed by atoms with Crippen LogP contribution in [0.25, 0.3) is 11.1 Å². The first kappa shape index (κ1) is 13.9. The van der Waals surface area contributed by atoms with Crippen molar-refractivity contribution in [2.45, 2.75) is 6.61 Å². The van der Waals surface area contributed by atoms with Crippen LogP contribution in [0, 0.1) is 0 Å². The van der Waals surface area contributed by atoms with Gasteiger partial charge in [0.1, 0.15) is 5.15 Å². The van der Waals surface area contributed by atoms with Gasteiger partial charge in [-0.2, -0.15) is 0 Å². The summed E-state index contributed by atoms with van der Waals surface area (Å²) in [5.41, 5.74) is 1.99. The van der Waals surface area contributed by atoms with Gasteiger partial charge in [0.15, 0.2) is 0 Å². The highest BCUT2D eigenvalue weighted by molar-refractivity contribution is 6.48. The third-order valence-corrected chi connectivity index (χ3v) is 3.87. The molecule has 0 radical (unpaired) electrons. The molecule has 18 heavy (non-hydrogen) atoms. The molecular weight excluding hydrogens is 316 g/mol. The van der Waals surface area contributed by atoms with Crippen molar-refractivity contribution in [1.29, 1.82) is 0 Å². The second-order valence-corrected chi connectivity index (χ2v) is 5.14. The highest BCUT2D eigenvalue weighted by atomic mass is 35.5. The Morgan fingerprint density at radius 1 is 1.00 bits per heavy atom. The average molecular weight is 323 g/mol. The van der Waals surface area contributed by atoms with Crippen LogP contribution in [-0.4, -0.2) is 10.1 Å². The Labute approximate surface area is 124 Å². The van der Waals surface area contributed by atoms with E-state index in [2.05, 4.69) is 4.98 Å². The maximum atomic E-state index is 9.10. The molecule has 0 spiro atoms. The van der Waals surface area contributed by atoms with E-state index < -0.39 is 0 Å². The topological polar surface area (TPSA) is 33.1 Å². The number of hydrogen-bond donors (Lipinski definition) is 1. The van der Waals surface area contributed by atoms with Crippen LogP contribution in [0.3, 0.4) is 0 Å². The standard InChI is InChI=1S/C12H7Cl4NO/c13-9-2-7(3-10(14)11(9)15)8-1-6(5-18)4-17-12(8)16/h1-4,18H,5H2. The Balaban J connectivity index is 2.61. The lowest BCUT2D eigenvalue weighted by atomic mass is 10.1. The molecule has 0 saturated heterocycles. The van der Waals surface area contributed by atoms with Crippen LogP contribution in [0.2, 0.25) is 20.2 Å². The van der Waals surface area contributed by atoms with Gasteiger partial charge in [-0.1, -0.05) is 46.4 Å². The van der Waals surface area contributed by atoms with E-state index in [9.17, 15) is 0 Å². The van der Waals surface area contributed by atoms with Crippen molar-refractivity contribution in [3.05, 3.63) is 50.2 Å². The molecule has 1 heterocycles. The first-order chi connectivity index (χ1) is 8.52. The molecule has 0 aliphatic rings. The van der Waals surface area contributed by atoms with Crippen molar-refractivity contribution < 1.29 is 5.11 Å². The largest absolute Gasteiger partial charge is 0.392 e. The number of rotatable bonds is 2. The van der Waals surface area contributed by atoms with E-state index in [0.717, 1.165) is 0 Å². The molecule has 0 fully saturated rings. The first-order valence-corrected chi connectivity index (χ1v) is 6.44. The van der Waals surface area contributed by atoms with Gasteiger partial charge in [-0.3, -0.25) is 0 Å². The fraction of sp³-hybridized carbons (Fsp3) is 0.0833. The normalized spacial score (nSPS) is 10.7. The molecule has 1 aromatic carbocycles. The third kappa shape index (κ3) is 2.73. The van der Waals surface area contributed by atoms with Crippen LogP contribution in [0.1, 0.15) is 5.56 Å². The number of nitrogens with zero attached hydrogens (tertiary/aromatic N) is 1. The predicted octanol–water partition coefficient (Wildman–Crippen LogP) is 4.85. The molecule has 0 unspecified atom stereocenters. The minimum Gasteiger partial charge on any atom is -0.392 e. The van der Waals surface area contributed by atoms with Crippen LogP contribution in [0.5, 0.6) is 0 Å².